The zero-order chi connectivity index (χ0) is 15.4. The third-order valence-electron chi connectivity index (χ3n) is 4.79. The van der Waals surface area contributed by atoms with Crippen molar-refractivity contribution in [2.24, 2.45) is 5.92 Å². The molecule has 5 heteroatoms. The zero-order valence-corrected chi connectivity index (χ0v) is 13.4. The molecular weight excluding hydrogens is 276 g/mol. The van der Waals surface area contributed by atoms with Crippen molar-refractivity contribution in [2.45, 2.75) is 32.4 Å². The normalized spacial score (nSPS) is 26.9. The maximum absolute atomic E-state index is 12.6. The van der Waals surface area contributed by atoms with Gasteiger partial charge in [0.25, 0.3) is 0 Å². The van der Waals surface area contributed by atoms with E-state index >= 15 is 0 Å². The number of nitrogens with one attached hydrogen (secondary N) is 1. The summed E-state index contributed by atoms with van der Waals surface area (Å²) < 4.78 is 0. The van der Waals surface area contributed by atoms with E-state index in [1.165, 1.54) is 5.56 Å². The van der Waals surface area contributed by atoms with Gasteiger partial charge in [-0.3, -0.25) is 14.7 Å². The van der Waals surface area contributed by atoms with Crippen molar-refractivity contribution in [3.05, 3.63) is 30.1 Å². The molecule has 1 N–H and O–H groups in total. The van der Waals surface area contributed by atoms with Crippen LogP contribution in [0.3, 0.4) is 0 Å². The quantitative estimate of drug-likeness (QED) is 0.909. The van der Waals surface area contributed by atoms with Crippen LogP contribution >= 0.6 is 0 Å². The number of aromatic nitrogens is 1. The van der Waals surface area contributed by atoms with Gasteiger partial charge in [0.05, 0.1) is 0 Å². The van der Waals surface area contributed by atoms with Crippen LogP contribution in [-0.2, 0) is 11.3 Å². The van der Waals surface area contributed by atoms with Gasteiger partial charge in [0.2, 0.25) is 5.91 Å². The summed E-state index contributed by atoms with van der Waals surface area (Å²) in [6.07, 6.45) is 5.70. The topological polar surface area (TPSA) is 48.5 Å². The van der Waals surface area contributed by atoms with E-state index in [4.69, 9.17) is 0 Å². The predicted octanol–water partition coefficient (Wildman–Crippen LogP) is 1.11. The highest BCUT2D eigenvalue weighted by Gasteiger charge is 2.30. The molecule has 0 bridgehead atoms. The van der Waals surface area contributed by atoms with Crippen LogP contribution in [0, 0.1) is 5.92 Å². The van der Waals surface area contributed by atoms with E-state index in [1.54, 1.807) is 6.20 Å². The van der Waals surface area contributed by atoms with Crippen LogP contribution in [0.2, 0.25) is 0 Å². The molecule has 3 rings (SSSR count). The standard InChI is InChI=1S/C17H26N4O/c1-14-11-16(4-6-19-14)17(22)21-9-7-20(8-10-21)13-15-3-2-5-18-12-15/h2-3,5,12,14,16,19H,4,6-11,13H2,1H3/t14-,16-/m0/s1. The minimum Gasteiger partial charge on any atom is -0.340 e. The summed E-state index contributed by atoms with van der Waals surface area (Å²) in [6, 6.07) is 4.56. The van der Waals surface area contributed by atoms with Crippen molar-refractivity contribution in [3.63, 3.8) is 0 Å². The molecule has 2 atom stereocenters. The van der Waals surface area contributed by atoms with Gasteiger partial charge >= 0.3 is 0 Å². The maximum Gasteiger partial charge on any atom is 0.225 e. The second-order valence-corrected chi connectivity index (χ2v) is 6.54. The average Bonchev–Trinajstić information content (AvgIpc) is 2.56. The van der Waals surface area contributed by atoms with Crippen LogP contribution in [0.1, 0.15) is 25.3 Å². The number of carbonyl (C=O) groups excluding carboxylic acids is 1. The van der Waals surface area contributed by atoms with Crippen molar-refractivity contribution in [2.75, 3.05) is 32.7 Å². The molecule has 0 aliphatic carbocycles. The van der Waals surface area contributed by atoms with E-state index in [0.717, 1.165) is 52.1 Å². The smallest absolute Gasteiger partial charge is 0.225 e. The van der Waals surface area contributed by atoms with Gasteiger partial charge in [-0.15, -0.1) is 0 Å². The Hall–Kier alpha value is -1.46. The summed E-state index contributed by atoms with van der Waals surface area (Å²) >= 11 is 0. The molecule has 2 aliphatic heterocycles. The van der Waals surface area contributed by atoms with Gasteiger partial charge in [0, 0.05) is 57.1 Å². The van der Waals surface area contributed by atoms with Gasteiger partial charge in [-0.05, 0) is 37.9 Å². The second-order valence-electron chi connectivity index (χ2n) is 6.54. The summed E-state index contributed by atoms with van der Waals surface area (Å²) in [7, 11) is 0. The Bertz CT molecular complexity index is 485. The van der Waals surface area contributed by atoms with Crippen LogP contribution in [0.5, 0.6) is 0 Å². The molecule has 1 aromatic heterocycles. The molecule has 5 nitrogen and oxygen atoms in total. The van der Waals surface area contributed by atoms with Gasteiger partial charge in [0.15, 0.2) is 0 Å². The number of hydrogen-bond acceptors (Lipinski definition) is 4. The van der Waals surface area contributed by atoms with Crippen LogP contribution in [0.25, 0.3) is 0 Å². The Morgan fingerprint density at radius 2 is 2.18 bits per heavy atom. The summed E-state index contributed by atoms with van der Waals surface area (Å²) in [5.74, 6) is 0.593. The molecule has 1 aromatic rings. The number of piperidine rings is 1. The van der Waals surface area contributed by atoms with Gasteiger partial charge in [0.1, 0.15) is 0 Å². The molecule has 3 heterocycles. The molecule has 1 amide bonds. The van der Waals surface area contributed by atoms with Crippen molar-refractivity contribution in [1.82, 2.24) is 20.1 Å². The number of hydrogen-bond donors (Lipinski definition) is 1. The second kappa shape index (κ2) is 7.20. The van der Waals surface area contributed by atoms with Crippen LogP contribution < -0.4 is 5.32 Å². The molecule has 0 aromatic carbocycles. The molecule has 0 saturated carbocycles. The monoisotopic (exact) mass is 302 g/mol. The first-order valence-corrected chi connectivity index (χ1v) is 8.36. The van der Waals surface area contributed by atoms with Crippen LogP contribution in [0.4, 0.5) is 0 Å². The first kappa shape index (κ1) is 15.4. The number of carbonyl (C=O) groups is 1. The third-order valence-corrected chi connectivity index (χ3v) is 4.79. The minimum atomic E-state index is 0.223. The first-order valence-electron chi connectivity index (χ1n) is 8.36. The Balaban J connectivity index is 1.48. The fourth-order valence-corrected chi connectivity index (χ4v) is 3.49. The fraction of sp³-hybridized carbons (Fsp3) is 0.647. The number of rotatable bonds is 3. The molecule has 22 heavy (non-hydrogen) atoms. The summed E-state index contributed by atoms with van der Waals surface area (Å²) in [4.78, 5) is 21.3. The maximum atomic E-state index is 12.6. The number of piperazine rings is 1. The number of pyridine rings is 1. The van der Waals surface area contributed by atoms with Crippen LogP contribution in [0.15, 0.2) is 24.5 Å². The Labute approximate surface area is 132 Å². The summed E-state index contributed by atoms with van der Waals surface area (Å²) in [6.45, 7) is 7.71. The molecule has 0 spiro atoms. The highest BCUT2D eigenvalue weighted by atomic mass is 16.2. The minimum absolute atomic E-state index is 0.223. The van der Waals surface area contributed by atoms with E-state index in [-0.39, 0.29) is 5.92 Å². The predicted molar refractivity (Wildman–Crippen MR) is 86.3 cm³/mol. The van der Waals surface area contributed by atoms with Crippen LogP contribution in [-0.4, -0.2) is 59.5 Å². The molecule has 0 radical (unpaired) electrons. The van der Waals surface area contributed by atoms with Crippen molar-refractivity contribution < 1.29 is 4.79 Å². The number of amides is 1. The highest BCUT2D eigenvalue weighted by Crippen LogP contribution is 2.20. The van der Waals surface area contributed by atoms with E-state index in [1.807, 2.05) is 12.3 Å². The molecule has 2 fully saturated rings. The Morgan fingerprint density at radius 3 is 2.86 bits per heavy atom. The Morgan fingerprint density at radius 1 is 1.36 bits per heavy atom. The van der Waals surface area contributed by atoms with Gasteiger partial charge in [-0.1, -0.05) is 6.07 Å². The molecule has 120 valence electrons. The molecule has 2 aliphatic rings. The van der Waals surface area contributed by atoms with Gasteiger partial charge in [-0.2, -0.15) is 0 Å². The molecule has 2 saturated heterocycles. The SMILES string of the molecule is C[C@H]1C[C@@H](C(=O)N2CCN(Cc3cccnc3)CC2)CCN1. The van der Waals surface area contributed by atoms with E-state index in [9.17, 15) is 4.79 Å². The third kappa shape index (κ3) is 3.84. The average molecular weight is 302 g/mol. The molecular formula is C17H26N4O. The molecule has 0 unspecified atom stereocenters. The first-order chi connectivity index (χ1) is 10.7. The lowest BCUT2D eigenvalue weighted by molar-refractivity contribution is -0.138. The number of nitrogens with zero attached hydrogens (tertiary/aromatic N) is 3. The van der Waals surface area contributed by atoms with E-state index in [0.29, 0.717) is 11.9 Å². The zero-order valence-electron chi connectivity index (χ0n) is 13.4. The van der Waals surface area contributed by atoms with E-state index < -0.39 is 0 Å². The van der Waals surface area contributed by atoms with Gasteiger partial charge < -0.3 is 10.2 Å². The fourth-order valence-electron chi connectivity index (χ4n) is 3.49. The Kier molecular flexibility index (Phi) is 5.05. The van der Waals surface area contributed by atoms with Crippen molar-refractivity contribution in [3.8, 4) is 0 Å². The summed E-state index contributed by atoms with van der Waals surface area (Å²) in [5.41, 5.74) is 1.24. The van der Waals surface area contributed by atoms with E-state index in [2.05, 4.69) is 33.1 Å². The van der Waals surface area contributed by atoms with Crippen molar-refractivity contribution in [1.29, 1.82) is 0 Å². The van der Waals surface area contributed by atoms with Gasteiger partial charge in [-0.25, -0.2) is 0 Å². The highest BCUT2D eigenvalue weighted by molar-refractivity contribution is 5.79. The largest absolute Gasteiger partial charge is 0.340 e. The lowest BCUT2D eigenvalue weighted by atomic mass is 9.92. The van der Waals surface area contributed by atoms with Crippen molar-refractivity contribution >= 4 is 5.91 Å². The lowest BCUT2D eigenvalue weighted by Crippen LogP contribution is -2.51. The lowest BCUT2D eigenvalue weighted by Gasteiger charge is -2.38. The summed E-state index contributed by atoms with van der Waals surface area (Å²) in [5, 5.41) is 3.42.